The number of hydrogen-bond acceptors (Lipinski definition) is 4. The molecule has 0 atom stereocenters. The second-order valence-corrected chi connectivity index (χ2v) is 4.26. The van der Waals surface area contributed by atoms with Crippen molar-refractivity contribution in [2.45, 2.75) is 6.36 Å². The zero-order chi connectivity index (χ0) is 14.0. The Hall–Kier alpha value is -1.83. The molecule has 1 aromatic carbocycles. The molecule has 0 aliphatic carbocycles. The van der Waals surface area contributed by atoms with Crippen LogP contribution in [0.2, 0.25) is 0 Å². The van der Waals surface area contributed by atoms with Crippen LogP contribution >= 0.6 is 15.9 Å². The molecule has 0 radical (unpaired) electrons. The van der Waals surface area contributed by atoms with Gasteiger partial charge >= 0.3 is 6.36 Å². The average Bonchev–Trinajstić information content (AvgIpc) is 2.31. The van der Waals surface area contributed by atoms with Gasteiger partial charge in [-0.3, -0.25) is 0 Å². The first-order chi connectivity index (χ1) is 8.85. The number of anilines is 1. The summed E-state index contributed by atoms with van der Waals surface area (Å²) in [6, 6.07) is 5.45. The van der Waals surface area contributed by atoms with Gasteiger partial charge < -0.3 is 10.5 Å². The highest BCUT2D eigenvalue weighted by molar-refractivity contribution is 9.10. The van der Waals surface area contributed by atoms with Crippen molar-refractivity contribution in [1.82, 2.24) is 9.97 Å². The summed E-state index contributed by atoms with van der Waals surface area (Å²) in [4.78, 5) is 7.94. The van der Waals surface area contributed by atoms with E-state index >= 15 is 0 Å². The summed E-state index contributed by atoms with van der Waals surface area (Å²) in [5.41, 5.74) is 6.31. The van der Waals surface area contributed by atoms with Crippen LogP contribution in [0.3, 0.4) is 0 Å². The van der Waals surface area contributed by atoms with Crippen LogP contribution < -0.4 is 10.5 Å². The molecular formula is C11H7BrF3N3O. The first-order valence-corrected chi connectivity index (χ1v) is 5.78. The van der Waals surface area contributed by atoms with E-state index in [-0.39, 0.29) is 11.6 Å². The van der Waals surface area contributed by atoms with Gasteiger partial charge in [-0.05, 0) is 28.1 Å². The normalized spacial score (nSPS) is 11.4. The van der Waals surface area contributed by atoms with E-state index in [2.05, 4.69) is 30.6 Å². The van der Waals surface area contributed by atoms with Crippen molar-refractivity contribution in [3.8, 4) is 17.0 Å². The maximum atomic E-state index is 12.1. The van der Waals surface area contributed by atoms with Crippen LogP contribution in [0.1, 0.15) is 0 Å². The zero-order valence-electron chi connectivity index (χ0n) is 9.28. The Balaban J connectivity index is 2.35. The van der Waals surface area contributed by atoms with E-state index in [1.54, 1.807) is 6.07 Å². The first-order valence-electron chi connectivity index (χ1n) is 4.99. The molecule has 0 saturated heterocycles. The highest BCUT2D eigenvalue weighted by Gasteiger charge is 2.31. The number of nitrogens with zero attached hydrogens (tertiary/aromatic N) is 2. The zero-order valence-corrected chi connectivity index (χ0v) is 10.9. The molecule has 0 aliphatic heterocycles. The van der Waals surface area contributed by atoms with Crippen molar-refractivity contribution in [2.24, 2.45) is 0 Å². The highest BCUT2D eigenvalue weighted by atomic mass is 79.9. The van der Waals surface area contributed by atoms with Crippen LogP contribution in [0.4, 0.5) is 19.0 Å². The van der Waals surface area contributed by atoms with E-state index in [9.17, 15) is 13.2 Å². The predicted octanol–water partition coefficient (Wildman–Crippen LogP) is 3.39. The Morgan fingerprint density at radius 1 is 1.26 bits per heavy atom. The molecule has 19 heavy (non-hydrogen) atoms. The molecule has 1 aromatic heterocycles. The molecular weight excluding hydrogens is 327 g/mol. The van der Waals surface area contributed by atoms with Gasteiger partial charge in [-0.15, -0.1) is 13.2 Å². The molecule has 8 heteroatoms. The lowest BCUT2D eigenvalue weighted by Gasteiger charge is -2.10. The van der Waals surface area contributed by atoms with Crippen LogP contribution in [0, 0.1) is 0 Å². The van der Waals surface area contributed by atoms with Crippen LogP contribution in [0.5, 0.6) is 5.75 Å². The Bertz CT molecular complexity index is 604. The number of hydrogen-bond donors (Lipinski definition) is 1. The number of nitrogens with two attached hydrogens (primary N) is 1. The van der Waals surface area contributed by atoms with Gasteiger partial charge in [-0.2, -0.15) is 0 Å². The molecule has 0 saturated carbocycles. The lowest BCUT2D eigenvalue weighted by Crippen LogP contribution is -2.17. The van der Waals surface area contributed by atoms with E-state index in [0.717, 1.165) is 0 Å². The van der Waals surface area contributed by atoms with Crippen molar-refractivity contribution in [3.63, 3.8) is 0 Å². The minimum atomic E-state index is -4.73. The average molecular weight is 334 g/mol. The van der Waals surface area contributed by atoms with Crippen LogP contribution in [-0.4, -0.2) is 16.3 Å². The van der Waals surface area contributed by atoms with Crippen molar-refractivity contribution < 1.29 is 17.9 Å². The van der Waals surface area contributed by atoms with Gasteiger partial charge in [0.25, 0.3) is 0 Å². The molecule has 0 spiro atoms. The SMILES string of the molecule is Nc1ncc(-c2cccc(OC(F)(F)F)c2)nc1Br. The summed E-state index contributed by atoms with van der Waals surface area (Å²) in [5, 5.41) is 0. The summed E-state index contributed by atoms with van der Waals surface area (Å²) in [5.74, 6) is -0.119. The summed E-state index contributed by atoms with van der Waals surface area (Å²) in [6.45, 7) is 0. The van der Waals surface area contributed by atoms with Crippen molar-refractivity contribution in [1.29, 1.82) is 0 Å². The Kier molecular flexibility index (Phi) is 3.61. The Morgan fingerprint density at radius 2 is 2.00 bits per heavy atom. The quantitative estimate of drug-likeness (QED) is 0.915. The van der Waals surface area contributed by atoms with E-state index in [0.29, 0.717) is 15.9 Å². The third-order valence-electron chi connectivity index (χ3n) is 2.12. The highest BCUT2D eigenvalue weighted by Crippen LogP contribution is 2.28. The van der Waals surface area contributed by atoms with Gasteiger partial charge in [0, 0.05) is 5.56 Å². The van der Waals surface area contributed by atoms with Crippen LogP contribution in [0.15, 0.2) is 35.1 Å². The number of nitrogen functional groups attached to an aromatic ring is 1. The molecule has 2 rings (SSSR count). The monoisotopic (exact) mass is 333 g/mol. The third-order valence-corrected chi connectivity index (χ3v) is 2.70. The standard InChI is InChI=1S/C11H7BrF3N3O/c12-9-10(16)17-5-8(18-9)6-2-1-3-7(4-6)19-11(13,14)15/h1-5H,(H2,16,17). The third kappa shape index (κ3) is 3.57. The van der Waals surface area contributed by atoms with Gasteiger partial charge in [0.15, 0.2) is 5.82 Å². The largest absolute Gasteiger partial charge is 0.573 e. The maximum Gasteiger partial charge on any atom is 0.573 e. The van der Waals surface area contributed by atoms with Gasteiger partial charge in [-0.1, -0.05) is 12.1 Å². The minimum Gasteiger partial charge on any atom is -0.406 e. The number of rotatable bonds is 2. The molecule has 2 N–H and O–H groups in total. The molecule has 1 heterocycles. The topological polar surface area (TPSA) is 61.0 Å². The maximum absolute atomic E-state index is 12.1. The fourth-order valence-corrected chi connectivity index (χ4v) is 1.66. The van der Waals surface area contributed by atoms with Gasteiger partial charge in [-0.25, -0.2) is 9.97 Å². The predicted molar refractivity (Wildman–Crippen MR) is 66.3 cm³/mol. The van der Waals surface area contributed by atoms with E-state index in [4.69, 9.17) is 5.73 Å². The van der Waals surface area contributed by atoms with Crippen molar-refractivity contribution in [2.75, 3.05) is 5.73 Å². The molecule has 0 unspecified atom stereocenters. The second kappa shape index (κ2) is 5.04. The second-order valence-electron chi connectivity index (χ2n) is 3.51. The minimum absolute atomic E-state index is 0.200. The van der Waals surface area contributed by atoms with Crippen molar-refractivity contribution in [3.05, 3.63) is 35.1 Å². The number of benzene rings is 1. The van der Waals surface area contributed by atoms with Gasteiger partial charge in [0.05, 0.1) is 11.9 Å². The lowest BCUT2D eigenvalue weighted by atomic mass is 10.1. The number of ether oxygens (including phenoxy) is 1. The fraction of sp³-hybridized carbons (Fsp3) is 0.0909. The van der Waals surface area contributed by atoms with Crippen LogP contribution in [-0.2, 0) is 0 Å². The summed E-state index contributed by atoms with van der Waals surface area (Å²) in [7, 11) is 0. The molecule has 4 nitrogen and oxygen atoms in total. The van der Waals surface area contributed by atoms with Crippen LogP contribution in [0.25, 0.3) is 11.3 Å². The van der Waals surface area contributed by atoms with E-state index < -0.39 is 6.36 Å². The van der Waals surface area contributed by atoms with E-state index in [1.165, 1.54) is 24.4 Å². The molecule has 2 aromatic rings. The smallest absolute Gasteiger partial charge is 0.406 e. The molecule has 0 fully saturated rings. The van der Waals surface area contributed by atoms with E-state index in [1.807, 2.05) is 0 Å². The van der Waals surface area contributed by atoms with Crippen molar-refractivity contribution >= 4 is 21.7 Å². The number of halogens is 4. The Labute approximate surface area is 114 Å². The first kappa shape index (κ1) is 13.6. The number of alkyl halides is 3. The molecule has 0 aliphatic rings. The molecule has 100 valence electrons. The van der Waals surface area contributed by atoms with Gasteiger partial charge in [0.2, 0.25) is 0 Å². The summed E-state index contributed by atoms with van der Waals surface area (Å²) < 4.78 is 40.5. The molecule has 0 bridgehead atoms. The van der Waals surface area contributed by atoms with Gasteiger partial charge in [0.1, 0.15) is 10.4 Å². The summed E-state index contributed by atoms with van der Waals surface area (Å²) in [6.07, 6.45) is -3.36. The lowest BCUT2D eigenvalue weighted by molar-refractivity contribution is -0.274. The fourth-order valence-electron chi connectivity index (χ4n) is 1.37. The Morgan fingerprint density at radius 3 is 2.63 bits per heavy atom. The summed E-state index contributed by atoms with van der Waals surface area (Å²) >= 11 is 3.10. The number of aromatic nitrogens is 2. The molecule has 0 amide bonds.